The van der Waals surface area contributed by atoms with Gasteiger partial charge in [-0.15, -0.1) is 0 Å². The van der Waals surface area contributed by atoms with Gasteiger partial charge in [0.25, 0.3) is 0 Å². The second-order valence-electron chi connectivity index (χ2n) is 2.30. The lowest BCUT2D eigenvalue weighted by molar-refractivity contribution is -0.170. The Bertz CT molecular complexity index is 89.4. The van der Waals surface area contributed by atoms with Crippen LogP contribution in [0.3, 0.4) is 0 Å². The molecule has 0 spiro atoms. The van der Waals surface area contributed by atoms with E-state index >= 15 is 0 Å². The van der Waals surface area contributed by atoms with Crippen molar-refractivity contribution >= 4 is 0 Å². The van der Waals surface area contributed by atoms with Crippen molar-refractivity contribution in [3.8, 4) is 0 Å². The van der Waals surface area contributed by atoms with Crippen molar-refractivity contribution < 1.29 is 14.6 Å². The van der Waals surface area contributed by atoms with Crippen molar-refractivity contribution in [3.63, 3.8) is 0 Å². The van der Waals surface area contributed by atoms with Crippen LogP contribution in [0.1, 0.15) is 13.8 Å². The number of nitrogens with two attached hydrogens (primary N) is 1. The van der Waals surface area contributed by atoms with Gasteiger partial charge in [-0.1, -0.05) is 0 Å². The first-order chi connectivity index (χ1) is 3.85. The van der Waals surface area contributed by atoms with Gasteiger partial charge in [0.1, 0.15) is 6.17 Å². The van der Waals surface area contributed by atoms with Crippen LogP contribution in [0.25, 0.3) is 0 Å². The van der Waals surface area contributed by atoms with E-state index in [0.717, 1.165) is 6.92 Å². The van der Waals surface area contributed by atoms with Gasteiger partial charge in [0.05, 0.1) is 6.04 Å². The maximum atomic E-state index is 12.1. The Morgan fingerprint density at radius 2 is 1.89 bits per heavy atom. The molecule has 0 radical (unpaired) electrons. The monoisotopic (exact) mass is 137 g/mol. The van der Waals surface area contributed by atoms with E-state index in [1.54, 1.807) is 0 Å². The molecule has 0 aromatic heterocycles. The first kappa shape index (κ1) is 8.81. The maximum absolute atomic E-state index is 12.1. The Morgan fingerprint density at radius 1 is 1.56 bits per heavy atom. The van der Waals surface area contributed by atoms with E-state index in [1.807, 2.05) is 0 Å². The normalized spacial score (nSPS) is 19.3. The second kappa shape index (κ2) is 2.60. The summed E-state index contributed by atoms with van der Waals surface area (Å²) in [6, 6.07) is -1.24. The van der Waals surface area contributed by atoms with Crippen LogP contribution in [0.4, 0.5) is 4.39 Å². The summed E-state index contributed by atoms with van der Waals surface area (Å²) >= 11 is 0. The molecule has 0 saturated heterocycles. The van der Waals surface area contributed by atoms with Gasteiger partial charge in [0.2, 0.25) is 0 Å². The predicted octanol–water partition coefficient (Wildman–Crippen LogP) is -0.627. The molecule has 9 heavy (non-hydrogen) atoms. The number of aliphatic hydroxyl groups is 2. The largest absolute Gasteiger partial charge is 0.364 e. The number of hydrogen-bond acceptors (Lipinski definition) is 3. The molecule has 0 aromatic rings. The Labute approximate surface area is 53.3 Å². The molecular weight excluding hydrogens is 125 g/mol. The maximum Gasteiger partial charge on any atom is 0.178 e. The summed E-state index contributed by atoms with van der Waals surface area (Å²) in [5.74, 6) is -2.12. The van der Waals surface area contributed by atoms with Crippen LogP contribution < -0.4 is 5.73 Å². The van der Waals surface area contributed by atoms with Crippen molar-refractivity contribution in [2.45, 2.75) is 31.8 Å². The van der Waals surface area contributed by atoms with Crippen molar-refractivity contribution in [1.29, 1.82) is 0 Å². The summed E-state index contributed by atoms with van der Waals surface area (Å²) in [6.07, 6.45) is -1.41. The fourth-order valence-electron chi connectivity index (χ4n) is 0.435. The van der Waals surface area contributed by atoms with Crippen molar-refractivity contribution in [1.82, 2.24) is 0 Å². The molecule has 0 aliphatic rings. The van der Waals surface area contributed by atoms with E-state index in [4.69, 9.17) is 15.9 Å². The molecule has 0 amide bonds. The molecule has 0 aromatic carbocycles. The molecule has 0 bridgehead atoms. The van der Waals surface area contributed by atoms with Crippen LogP contribution in [0.15, 0.2) is 0 Å². The lowest BCUT2D eigenvalue weighted by Gasteiger charge is -2.24. The Hall–Kier alpha value is -0.190. The standard InChI is InChI=1S/C5H12FNO2/c1-3(6)4(7)5(2,8)9/h3-4,8-9H,7H2,1-2H3. The summed E-state index contributed by atoms with van der Waals surface area (Å²) in [7, 11) is 0. The fraction of sp³-hybridized carbons (Fsp3) is 1.00. The minimum Gasteiger partial charge on any atom is -0.364 e. The molecule has 4 N–H and O–H groups in total. The molecule has 3 nitrogen and oxygen atoms in total. The Kier molecular flexibility index (Phi) is 2.54. The third-order valence-electron chi connectivity index (χ3n) is 1.13. The summed E-state index contributed by atoms with van der Waals surface area (Å²) < 4.78 is 12.1. The third-order valence-corrected chi connectivity index (χ3v) is 1.13. The number of alkyl halides is 1. The van der Waals surface area contributed by atoms with E-state index in [1.165, 1.54) is 6.92 Å². The predicted molar refractivity (Wildman–Crippen MR) is 31.4 cm³/mol. The molecule has 56 valence electrons. The molecule has 2 unspecified atom stereocenters. The second-order valence-corrected chi connectivity index (χ2v) is 2.30. The molecule has 0 rings (SSSR count). The van der Waals surface area contributed by atoms with E-state index < -0.39 is 18.0 Å². The molecule has 0 heterocycles. The van der Waals surface area contributed by atoms with Gasteiger partial charge >= 0.3 is 0 Å². The first-order valence-corrected chi connectivity index (χ1v) is 2.70. The highest BCUT2D eigenvalue weighted by molar-refractivity contribution is 4.78. The Balaban J connectivity index is 3.88. The molecule has 0 saturated carbocycles. The zero-order chi connectivity index (χ0) is 7.65. The highest BCUT2D eigenvalue weighted by atomic mass is 19.1. The number of hydrogen-bond donors (Lipinski definition) is 3. The van der Waals surface area contributed by atoms with Crippen LogP contribution in [-0.4, -0.2) is 28.2 Å². The zero-order valence-corrected chi connectivity index (χ0v) is 5.50. The summed E-state index contributed by atoms with van der Waals surface area (Å²) in [4.78, 5) is 0. The highest BCUT2D eigenvalue weighted by Gasteiger charge is 2.30. The smallest absolute Gasteiger partial charge is 0.178 e. The van der Waals surface area contributed by atoms with Crippen LogP contribution >= 0.6 is 0 Å². The lowest BCUT2D eigenvalue weighted by atomic mass is 10.1. The summed E-state index contributed by atoms with van der Waals surface area (Å²) in [6.45, 7) is 2.23. The molecule has 0 aliphatic carbocycles. The quantitative estimate of drug-likeness (QED) is 0.444. The third kappa shape index (κ3) is 2.74. The van der Waals surface area contributed by atoms with Gasteiger partial charge in [0.15, 0.2) is 5.79 Å². The van der Waals surface area contributed by atoms with E-state index in [2.05, 4.69) is 0 Å². The van der Waals surface area contributed by atoms with Crippen molar-refractivity contribution in [2.24, 2.45) is 5.73 Å². The molecule has 4 heteroatoms. The van der Waals surface area contributed by atoms with Gasteiger partial charge in [-0.3, -0.25) is 0 Å². The SMILES string of the molecule is CC(F)C(N)C(C)(O)O. The highest BCUT2D eigenvalue weighted by Crippen LogP contribution is 2.08. The average molecular weight is 137 g/mol. The molecular formula is C5H12FNO2. The summed E-state index contributed by atoms with van der Waals surface area (Å²) in [5, 5.41) is 17.3. The Morgan fingerprint density at radius 3 is 1.89 bits per heavy atom. The van der Waals surface area contributed by atoms with Crippen LogP contribution in [0.5, 0.6) is 0 Å². The van der Waals surface area contributed by atoms with Crippen LogP contribution in [-0.2, 0) is 0 Å². The first-order valence-electron chi connectivity index (χ1n) is 2.70. The van der Waals surface area contributed by atoms with Crippen molar-refractivity contribution in [2.75, 3.05) is 0 Å². The zero-order valence-electron chi connectivity index (χ0n) is 5.50. The summed E-state index contributed by atoms with van der Waals surface area (Å²) in [5.41, 5.74) is 5.02. The number of halogens is 1. The van der Waals surface area contributed by atoms with E-state index in [9.17, 15) is 4.39 Å². The lowest BCUT2D eigenvalue weighted by Crippen LogP contribution is -2.50. The minimum atomic E-state index is -2.12. The topological polar surface area (TPSA) is 66.5 Å². The fourth-order valence-corrected chi connectivity index (χ4v) is 0.435. The van der Waals surface area contributed by atoms with Crippen LogP contribution in [0, 0.1) is 0 Å². The van der Waals surface area contributed by atoms with Crippen LogP contribution in [0.2, 0.25) is 0 Å². The molecule has 0 aliphatic heterocycles. The van der Waals surface area contributed by atoms with Gasteiger partial charge in [0, 0.05) is 0 Å². The van der Waals surface area contributed by atoms with E-state index in [0.29, 0.717) is 0 Å². The molecule has 2 atom stereocenters. The average Bonchev–Trinajstić information content (AvgIpc) is 1.62. The van der Waals surface area contributed by atoms with E-state index in [-0.39, 0.29) is 0 Å². The molecule has 0 fully saturated rings. The van der Waals surface area contributed by atoms with Gasteiger partial charge in [-0.25, -0.2) is 4.39 Å². The van der Waals surface area contributed by atoms with Gasteiger partial charge in [-0.2, -0.15) is 0 Å². The van der Waals surface area contributed by atoms with Gasteiger partial charge in [-0.05, 0) is 13.8 Å². The minimum absolute atomic E-state index is 1.05. The van der Waals surface area contributed by atoms with Gasteiger partial charge < -0.3 is 15.9 Å². The van der Waals surface area contributed by atoms with Crippen molar-refractivity contribution in [3.05, 3.63) is 0 Å². The number of rotatable bonds is 2.